The maximum atomic E-state index is 5.46. The van der Waals surface area contributed by atoms with E-state index in [0.717, 1.165) is 21.3 Å². The minimum absolute atomic E-state index is 0.428. The van der Waals surface area contributed by atoms with Crippen molar-refractivity contribution in [2.24, 2.45) is 5.10 Å². The Hall–Kier alpha value is -2.45. The number of hydrazone groups is 1. The summed E-state index contributed by atoms with van der Waals surface area (Å²) in [6.45, 7) is 2.58. The standard InChI is InChI=1S/C17H16BrN5OS/c1-2-24-15-9-5-13(6-10-15)16-20-21-17(25)23(16)22-19-11-12-3-7-14(18)8-4-12/h3-11,22H,2H2,1H3,(H,21,25)/b19-11-. The first-order valence-corrected chi connectivity index (χ1v) is 8.83. The average molecular weight is 418 g/mol. The number of rotatable bonds is 6. The molecule has 6 nitrogen and oxygen atoms in total. The van der Waals surface area contributed by atoms with Gasteiger partial charge in [-0.3, -0.25) is 0 Å². The number of nitrogens with one attached hydrogen (secondary N) is 2. The lowest BCUT2D eigenvalue weighted by molar-refractivity contribution is 0.340. The first-order chi connectivity index (χ1) is 12.2. The van der Waals surface area contributed by atoms with Crippen LogP contribution in [0.4, 0.5) is 0 Å². The molecule has 2 aromatic carbocycles. The van der Waals surface area contributed by atoms with Crippen LogP contribution in [0.2, 0.25) is 0 Å². The van der Waals surface area contributed by atoms with Crippen molar-refractivity contribution in [2.45, 2.75) is 6.92 Å². The van der Waals surface area contributed by atoms with E-state index in [2.05, 4.69) is 36.8 Å². The molecule has 0 radical (unpaired) electrons. The van der Waals surface area contributed by atoms with Crippen LogP contribution in [-0.2, 0) is 0 Å². The lowest BCUT2D eigenvalue weighted by atomic mass is 10.2. The van der Waals surface area contributed by atoms with Crippen LogP contribution in [0.1, 0.15) is 12.5 Å². The summed E-state index contributed by atoms with van der Waals surface area (Å²) >= 11 is 8.67. The Morgan fingerprint density at radius 3 is 2.64 bits per heavy atom. The van der Waals surface area contributed by atoms with E-state index in [-0.39, 0.29) is 0 Å². The van der Waals surface area contributed by atoms with Crippen molar-refractivity contribution in [1.29, 1.82) is 0 Å². The van der Waals surface area contributed by atoms with E-state index in [1.165, 1.54) is 0 Å². The SMILES string of the molecule is CCOc1ccc(-c2n[nH]c(=S)n2N/N=C\c2ccc(Br)cc2)cc1. The van der Waals surface area contributed by atoms with Gasteiger partial charge in [-0.25, -0.2) is 10.6 Å². The van der Waals surface area contributed by atoms with Gasteiger partial charge in [0, 0.05) is 10.0 Å². The van der Waals surface area contributed by atoms with Crippen molar-refractivity contribution in [3.05, 3.63) is 63.3 Å². The van der Waals surface area contributed by atoms with E-state index in [4.69, 9.17) is 17.0 Å². The Labute approximate surface area is 158 Å². The molecule has 0 aliphatic carbocycles. The number of aromatic amines is 1. The maximum Gasteiger partial charge on any atom is 0.216 e. The zero-order valence-corrected chi connectivity index (χ0v) is 15.8. The lowest BCUT2D eigenvalue weighted by Gasteiger charge is -2.07. The highest BCUT2D eigenvalue weighted by atomic mass is 79.9. The molecule has 128 valence electrons. The predicted octanol–water partition coefficient (Wildman–Crippen LogP) is 4.35. The number of hydrogen-bond acceptors (Lipinski definition) is 5. The van der Waals surface area contributed by atoms with E-state index in [0.29, 0.717) is 17.2 Å². The second-order valence-electron chi connectivity index (χ2n) is 5.05. The third-order valence-corrected chi connectivity index (χ3v) is 4.14. The van der Waals surface area contributed by atoms with E-state index >= 15 is 0 Å². The van der Waals surface area contributed by atoms with Gasteiger partial charge in [-0.2, -0.15) is 14.9 Å². The summed E-state index contributed by atoms with van der Waals surface area (Å²) in [6, 6.07) is 15.5. The molecular formula is C17H16BrN5OS. The molecule has 0 fully saturated rings. The number of nitrogens with zero attached hydrogens (tertiary/aromatic N) is 3. The van der Waals surface area contributed by atoms with E-state index in [1.807, 2.05) is 55.5 Å². The molecule has 1 heterocycles. The van der Waals surface area contributed by atoms with E-state index in [1.54, 1.807) is 10.9 Å². The van der Waals surface area contributed by atoms with Gasteiger partial charge in [0.2, 0.25) is 4.77 Å². The van der Waals surface area contributed by atoms with E-state index < -0.39 is 0 Å². The summed E-state index contributed by atoms with van der Waals surface area (Å²) in [5.41, 5.74) is 4.77. The predicted molar refractivity (Wildman–Crippen MR) is 105 cm³/mol. The molecule has 0 spiro atoms. The molecule has 8 heteroatoms. The molecule has 0 aliphatic heterocycles. The Morgan fingerprint density at radius 1 is 1.24 bits per heavy atom. The minimum Gasteiger partial charge on any atom is -0.494 e. The fraction of sp³-hybridized carbons (Fsp3) is 0.118. The van der Waals surface area contributed by atoms with Gasteiger partial charge in [0.25, 0.3) is 0 Å². The molecular weight excluding hydrogens is 402 g/mol. The molecule has 1 aromatic heterocycles. The van der Waals surface area contributed by atoms with Crippen LogP contribution < -0.4 is 10.3 Å². The molecule has 0 atom stereocenters. The van der Waals surface area contributed by atoms with Gasteiger partial charge in [-0.05, 0) is 61.1 Å². The van der Waals surface area contributed by atoms with Crippen LogP contribution in [0, 0.1) is 4.77 Å². The Bertz CT molecular complexity index is 915. The third kappa shape index (κ3) is 4.34. The number of benzene rings is 2. The van der Waals surface area contributed by atoms with Crippen molar-refractivity contribution in [2.75, 3.05) is 12.1 Å². The molecule has 0 saturated carbocycles. The quantitative estimate of drug-likeness (QED) is 0.355. The van der Waals surface area contributed by atoms with Gasteiger partial charge < -0.3 is 4.74 Å². The molecule has 0 saturated heterocycles. The second-order valence-corrected chi connectivity index (χ2v) is 6.36. The molecule has 3 aromatic rings. The summed E-state index contributed by atoms with van der Waals surface area (Å²) in [5.74, 6) is 1.45. The molecule has 0 unspecified atom stereocenters. The summed E-state index contributed by atoms with van der Waals surface area (Å²) in [4.78, 5) is 0. The van der Waals surface area contributed by atoms with Crippen LogP contribution in [0.25, 0.3) is 11.4 Å². The average Bonchev–Trinajstić information content (AvgIpc) is 2.99. The van der Waals surface area contributed by atoms with Crippen LogP contribution in [0.15, 0.2) is 58.1 Å². The fourth-order valence-electron chi connectivity index (χ4n) is 2.16. The van der Waals surface area contributed by atoms with Gasteiger partial charge >= 0.3 is 0 Å². The highest BCUT2D eigenvalue weighted by molar-refractivity contribution is 9.10. The summed E-state index contributed by atoms with van der Waals surface area (Å²) in [7, 11) is 0. The van der Waals surface area contributed by atoms with Crippen LogP contribution in [-0.4, -0.2) is 27.7 Å². The zero-order valence-electron chi connectivity index (χ0n) is 13.4. The van der Waals surface area contributed by atoms with Crippen molar-refractivity contribution >= 4 is 34.4 Å². The van der Waals surface area contributed by atoms with Crippen molar-refractivity contribution in [3.8, 4) is 17.1 Å². The highest BCUT2D eigenvalue weighted by Crippen LogP contribution is 2.20. The Balaban J connectivity index is 1.79. The van der Waals surface area contributed by atoms with Crippen molar-refractivity contribution in [1.82, 2.24) is 14.9 Å². The first-order valence-electron chi connectivity index (χ1n) is 7.62. The fourth-order valence-corrected chi connectivity index (χ4v) is 2.60. The highest BCUT2D eigenvalue weighted by Gasteiger charge is 2.08. The Morgan fingerprint density at radius 2 is 1.96 bits per heavy atom. The van der Waals surface area contributed by atoms with Crippen LogP contribution in [0.5, 0.6) is 5.75 Å². The summed E-state index contributed by atoms with van der Waals surface area (Å²) < 4.78 is 8.52. The van der Waals surface area contributed by atoms with Crippen LogP contribution >= 0.6 is 28.1 Å². The van der Waals surface area contributed by atoms with Gasteiger partial charge in [-0.1, -0.05) is 28.1 Å². The van der Waals surface area contributed by atoms with Crippen LogP contribution in [0.3, 0.4) is 0 Å². The molecule has 2 N–H and O–H groups in total. The lowest BCUT2D eigenvalue weighted by Crippen LogP contribution is -2.10. The smallest absolute Gasteiger partial charge is 0.216 e. The summed E-state index contributed by atoms with van der Waals surface area (Å²) in [5, 5.41) is 11.3. The molecule has 25 heavy (non-hydrogen) atoms. The van der Waals surface area contributed by atoms with Crippen molar-refractivity contribution in [3.63, 3.8) is 0 Å². The van der Waals surface area contributed by atoms with E-state index in [9.17, 15) is 0 Å². The molecule has 0 amide bonds. The number of halogens is 1. The van der Waals surface area contributed by atoms with Crippen molar-refractivity contribution < 1.29 is 4.74 Å². The van der Waals surface area contributed by atoms with Gasteiger partial charge in [-0.15, -0.1) is 0 Å². The van der Waals surface area contributed by atoms with Gasteiger partial charge in [0.05, 0.1) is 12.8 Å². The number of hydrogen-bond donors (Lipinski definition) is 2. The largest absolute Gasteiger partial charge is 0.494 e. The third-order valence-electron chi connectivity index (χ3n) is 3.34. The molecule has 3 rings (SSSR count). The van der Waals surface area contributed by atoms with Gasteiger partial charge in [0.1, 0.15) is 5.75 Å². The second kappa shape index (κ2) is 8.09. The normalized spacial score (nSPS) is 11.0. The topological polar surface area (TPSA) is 67.2 Å². The minimum atomic E-state index is 0.428. The number of ether oxygens (including phenoxy) is 1. The van der Waals surface area contributed by atoms with Gasteiger partial charge in [0.15, 0.2) is 5.82 Å². The monoisotopic (exact) mass is 417 g/mol. The summed E-state index contributed by atoms with van der Waals surface area (Å²) in [6.07, 6.45) is 1.71. The first kappa shape index (κ1) is 17.4. The maximum absolute atomic E-state index is 5.46. The molecule has 0 bridgehead atoms. The number of H-pyrrole nitrogens is 1. The molecule has 0 aliphatic rings. The number of aromatic nitrogens is 3. The Kier molecular flexibility index (Phi) is 5.62. The zero-order chi connectivity index (χ0) is 17.6.